The summed E-state index contributed by atoms with van der Waals surface area (Å²) >= 11 is 1.87. The van der Waals surface area contributed by atoms with Gasteiger partial charge < -0.3 is 10.6 Å². The zero-order valence-electron chi connectivity index (χ0n) is 11.9. The van der Waals surface area contributed by atoms with Crippen LogP contribution < -0.4 is 10.6 Å². The van der Waals surface area contributed by atoms with Crippen LogP contribution in [0.25, 0.3) is 0 Å². The molecule has 2 N–H and O–H groups in total. The molecule has 0 radical (unpaired) electrons. The van der Waals surface area contributed by atoms with Gasteiger partial charge in [-0.3, -0.25) is 0 Å². The largest absolute Gasteiger partial charge is 0.345 e. The lowest BCUT2D eigenvalue weighted by Gasteiger charge is -2.28. The van der Waals surface area contributed by atoms with Crippen LogP contribution in [0.4, 0.5) is 5.13 Å². The Labute approximate surface area is 120 Å². The number of rotatable bonds is 2. The first-order valence-corrected chi connectivity index (χ1v) is 8.63. The molecule has 19 heavy (non-hydrogen) atoms. The van der Waals surface area contributed by atoms with Crippen LogP contribution >= 0.6 is 11.3 Å². The van der Waals surface area contributed by atoms with E-state index < -0.39 is 0 Å². The third-order valence-corrected chi connectivity index (χ3v) is 5.84. The molecule has 0 bridgehead atoms. The summed E-state index contributed by atoms with van der Waals surface area (Å²) in [5, 5.41) is 1.25. The van der Waals surface area contributed by atoms with Gasteiger partial charge in [0.15, 0.2) is 5.13 Å². The minimum atomic E-state index is 0.238. The topological polar surface area (TPSA) is 42.2 Å². The van der Waals surface area contributed by atoms with Gasteiger partial charge in [-0.1, -0.05) is 31.1 Å². The molecule has 1 aliphatic heterocycles. The fourth-order valence-electron chi connectivity index (χ4n) is 3.42. The Morgan fingerprint density at radius 1 is 1.26 bits per heavy atom. The maximum Gasteiger partial charge on any atom is 0.186 e. The van der Waals surface area contributed by atoms with Crippen molar-refractivity contribution in [3.8, 4) is 0 Å². The lowest BCUT2D eigenvalue weighted by molar-refractivity contribution is 0.552. The Morgan fingerprint density at radius 2 is 2.16 bits per heavy atom. The number of hydrogen-bond acceptors (Lipinski definition) is 4. The minimum Gasteiger partial charge on any atom is -0.345 e. The van der Waals surface area contributed by atoms with Crippen molar-refractivity contribution in [3.63, 3.8) is 0 Å². The van der Waals surface area contributed by atoms with Crippen LogP contribution in [0.3, 0.4) is 0 Å². The fourth-order valence-corrected chi connectivity index (χ4v) is 4.66. The maximum absolute atomic E-state index is 6.24. The van der Waals surface area contributed by atoms with E-state index in [1.165, 1.54) is 60.8 Å². The Bertz CT molecular complexity index is 429. The predicted octanol–water partition coefficient (Wildman–Crippen LogP) is 3.64. The van der Waals surface area contributed by atoms with Crippen LogP contribution in [0, 0.1) is 0 Å². The van der Waals surface area contributed by atoms with Crippen LogP contribution in [0.5, 0.6) is 0 Å². The molecular weight excluding hydrogens is 254 g/mol. The van der Waals surface area contributed by atoms with E-state index in [1.807, 2.05) is 11.3 Å². The molecule has 0 amide bonds. The first-order chi connectivity index (χ1) is 9.29. The molecule has 3 rings (SSSR count). The summed E-state index contributed by atoms with van der Waals surface area (Å²) in [6.07, 6.45) is 10.1. The molecule has 2 heterocycles. The SMILES string of the molecule is CCC1CCCCCN1c1nc2c(s1)C(N)CCC2. The smallest absolute Gasteiger partial charge is 0.186 e. The van der Waals surface area contributed by atoms with E-state index >= 15 is 0 Å². The first-order valence-electron chi connectivity index (χ1n) is 7.81. The van der Waals surface area contributed by atoms with Gasteiger partial charge >= 0.3 is 0 Å². The van der Waals surface area contributed by atoms with Gasteiger partial charge in [0.1, 0.15) is 0 Å². The first kappa shape index (κ1) is 13.4. The van der Waals surface area contributed by atoms with Crippen molar-refractivity contribution >= 4 is 16.5 Å². The van der Waals surface area contributed by atoms with Crippen molar-refractivity contribution < 1.29 is 0 Å². The summed E-state index contributed by atoms with van der Waals surface area (Å²) in [5.41, 5.74) is 7.53. The lowest BCUT2D eigenvalue weighted by atomic mass is 9.99. The zero-order chi connectivity index (χ0) is 13.2. The summed E-state index contributed by atoms with van der Waals surface area (Å²) in [7, 11) is 0. The van der Waals surface area contributed by atoms with Crippen molar-refractivity contribution in [1.82, 2.24) is 4.98 Å². The second-order valence-corrected chi connectivity index (χ2v) is 6.92. The van der Waals surface area contributed by atoms with Crippen molar-refractivity contribution in [2.24, 2.45) is 5.73 Å². The molecule has 0 aromatic carbocycles. The Balaban J connectivity index is 1.87. The van der Waals surface area contributed by atoms with Gasteiger partial charge in [-0.05, 0) is 38.5 Å². The Morgan fingerprint density at radius 3 is 2.95 bits per heavy atom. The third-order valence-electron chi connectivity index (χ3n) is 4.58. The number of nitrogens with two attached hydrogens (primary N) is 1. The molecule has 1 saturated heterocycles. The fraction of sp³-hybridized carbons (Fsp3) is 0.800. The highest BCUT2D eigenvalue weighted by Crippen LogP contribution is 2.38. The van der Waals surface area contributed by atoms with Crippen LogP contribution in [-0.4, -0.2) is 17.6 Å². The molecular formula is C15H25N3S. The van der Waals surface area contributed by atoms with E-state index in [2.05, 4.69) is 11.8 Å². The number of fused-ring (bicyclic) bond motifs is 1. The van der Waals surface area contributed by atoms with Gasteiger partial charge in [-0.2, -0.15) is 0 Å². The van der Waals surface area contributed by atoms with Crippen molar-refractivity contribution in [2.75, 3.05) is 11.4 Å². The highest BCUT2D eigenvalue weighted by atomic mass is 32.1. The summed E-state index contributed by atoms with van der Waals surface area (Å²) in [6.45, 7) is 3.49. The van der Waals surface area contributed by atoms with E-state index in [-0.39, 0.29) is 6.04 Å². The highest BCUT2D eigenvalue weighted by Gasteiger charge is 2.27. The predicted molar refractivity (Wildman–Crippen MR) is 81.9 cm³/mol. The van der Waals surface area contributed by atoms with Crippen LogP contribution in [0.15, 0.2) is 0 Å². The molecule has 1 aliphatic carbocycles. The molecule has 1 fully saturated rings. The summed E-state index contributed by atoms with van der Waals surface area (Å²) in [5.74, 6) is 0. The molecule has 1 aromatic heterocycles. The second-order valence-electron chi connectivity index (χ2n) is 5.91. The van der Waals surface area contributed by atoms with E-state index in [1.54, 1.807) is 0 Å². The van der Waals surface area contributed by atoms with Gasteiger partial charge in [0.25, 0.3) is 0 Å². The number of hydrogen-bond donors (Lipinski definition) is 1. The van der Waals surface area contributed by atoms with Gasteiger partial charge in [0, 0.05) is 23.5 Å². The minimum absolute atomic E-state index is 0.238. The lowest BCUT2D eigenvalue weighted by Crippen LogP contribution is -2.34. The number of thiazole rings is 1. The van der Waals surface area contributed by atoms with Gasteiger partial charge in [-0.15, -0.1) is 0 Å². The van der Waals surface area contributed by atoms with E-state index in [4.69, 9.17) is 10.7 Å². The molecule has 2 atom stereocenters. The molecule has 3 nitrogen and oxygen atoms in total. The van der Waals surface area contributed by atoms with Gasteiger partial charge in [0.2, 0.25) is 0 Å². The van der Waals surface area contributed by atoms with Gasteiger partial charge in [-0.25, -0.2) is 4.98 Å². The number of nitrogens with zero attached hydrogens (tertiary/aromatic N) is 2. The van der Waals surface area contributed by atoms with Crippen molar-refractivity contribution in [3.05, 3.63) is 10.6 Å². The average molecular weight is 279 g/mol. The number of aromatic nitrogens is 1. The third kappa shape index (κ3) is 2.65. The maximum atomic E-state index is 6.24. The van der Waals surface area contributed by atoms with Crippen LogP contribution in [0.2, 0.25) is 0 Å². The average Bonchev–Trinajstić information content (AvgIpc) is 2.71. The molecule has 4 heteroatoms. The van der Waals surface area contributed by atoms with Crippen molar-refractivity contribution in [2.45, 2.75) is 70.4 Å². The molecule has 0 spiro atoms. The summed E-state index contributed by atoms with van der Waals surface area (Å²) < 4.78 is 0. The second kappa shape index (κ2) is 5.80. The quantitative estimate of drug-likeness (QED) is 0.898. The van der Waals surface area contributed by atoms with E-state index in [0.717, 1.165) is 12.8 Å². The molecule has 106 valence electrons. The summed E-state index contributed by atoms with van der Waals surface area (Å²) in [6, 6.07) is 0.924. The molecule has 0 saturated carbocycles. The molecule has 1 aromatic rings. The van der Waals surface area contributed by atoms with Crippen LogP contribution in [0.1, 0.15) is 68.5 Å². The highest BCUT2D eigenvalue weighted by molar-refractivity contribution is 7.15. The molecule has 2 aliphatic rings. The number of aryl methyl sites for hydroxylation is 1. The Kier molecular flexibility index (Phi) is 4.08. The van der Waals surface area contributed by atoms with Crippen molar-refractivity contribution in [1.29, 1.82) is 0 Å². The summed E-state index contributed by atoms with van der Waals surface area (Å²) in [4.78, 5) is 8.86. The monoisotopic (exact) mass is 279 g/mol. The number of anilines is 1. The normalized spacial score (nSPS) is 28.0. The standard InChI is InChI=1S/C15H25N3S/c1-2-11-7-4-3-5-10-18(11)15-17-13-9-6-8-12(16)14(13)19-15/h11-12H,2-10,16H2,1H3. The zero-order valence-corrected chi connectivity index (χ0v) is 12.7. The van der Waals surface area contributed by atoms with E-state index in [9.17, 15) is 0 Å². The van der Waals surface area contributed by atoms with Crippen LogP contribution in [-0.2, 0) is 6.42 Å². The van der Waals surface area contributed by atoms with Gasteiger partial charge in [0.05, 0.1) is 5.69 Å². The Hall–Kier alpha value is -0.610. The molecule has 2 unspecified atom stereocenters. The van der Waals surface area contributed by atoms with E-state index in [0.29, 0.717) is 6.04 Å².